The van der Waals surface area contributed by atoms with Gasteiger partial charge in [0, 0.05) is 0 Å². The van der Waals surface area contributed by atoms with E-state index in [9.17, 15) is 0 Å². The highest BCUT2D eigenvalue weighted by atomic mass is 127. The van der Waals surface area contributed by atoms with E-state index < -0.39 is 0 Å². The normalized spacial score (nSPS) is 6.80. The fourth-order valence-corrected chi connectivity index (χ4v) is 0.423. The van der Waals surface area contributed by atoms with Crippen LogP contribution in [-0.4, -0.2) is 19.4 Å². The number of halogens is 1. The van der Waals surface area contributed by atoms with Gasteiger partial charge in [-0.25, -0.2) is 0 Å². The van der Waals surface area contributed by atoms with E-state index >= 15 is 0 Å². The van der Waals surface area contributed by atoms with Gasteiger partial charge in [0.2, 0.25) is 0 Å². The Morgan fingerprint density at radius 3 is 2.40 bits per heavy atom. The zero-order valence-corrected chi connectivity index (χ0v) is 5.19. The van der Waals surface area contributed by atoms with Crippen LogP contribution in [-0.2, 0) is 0 Å². The van der Waals surface area contributed by atoms with Crippen molar-refractivity contribution in [2.24, 2.45) is 0 Å². The minimum absolute atomic E-state index is 1.86. The molecular formula is CH4B2IN. The molecule has 0 heterocycles. The second-order valence-electron chi connectivity index (χ2n) is 0.581. The van der Waals surface area contributed by atoms with E-state index in [0.29, 0.717) is 0 Å². The topological polar surface area (TPSA) is 12.0 Å². The van der Waals surface area contributed by atoms with Crippen molar-refractivity contribution in [1.29, 1.82) is 0 Å². The molecule has 0 amide bonds. The Morgan fingerprint density at radius 2 is 2.40 bits per heavy atom. The molecule has 0 aromatic rings. The maximum Gasteiger partial charge on any atom is 0.176 e. The molecule has 0 saturated carbocycles. The van der Waals surface area contributed by atoms with Crippen molar-refractivity contribution < 1.29 is 0 Å². The number of nitrogens with one attached hydrogen (secondary N) is 1. The van der Waals surface area contributed by atoms with Crippen LogP contribution < -0.4 is 5.23 Å². The highest BCUT2D eigenvalue weighted by Gasteiger charge is 1.76. The summed E-state index contributed by atoms with van der Waals surface area (Å²) >= 11 is 2.14. The first-order valence-electron chi connectivity index (χ1n) is 1.34. The van der Waals surface area contributed by atoms with Gasteiger partial charge in [0.25, 0.3) is 0 Å². The summed E-state index contributed by atoms with van der Waals surface area (Å²) in [4.78, 5) is 0. The first kappa shape index (κ1) is 5.82. The molecule has 2 radical (unpaired) electrons. The van der Waals surface area contributed by atoms with Crippen molar-refractivity contribution in [3.05, 3.63) is 0 Å². The summed E-state index contributed by atoms with van der Waals surface area (Å²) in [6, 6.07) is 0. The van der Waals surface area contributed by atoms with E-state index in [1.54, 1.807) is 0 Å². The Balaban J connectivity index is 2.19. The van der Waals surface area contributed by atoms with Crippen molar-refractivity contribution in [1.82, 2.24) is 5.23 Å². The molecule has 0 unspecified atom stereocenters. The predicted octanol–water partition coefficient (Wildman–Crippen LogP) is -0.206. The summed E-state index contributed by atoms with van der Waals surface area (Å²) in [5, 5.41) is 4.74. The number of hydrogen-bond donors (Lipinski definition) is 1. The molecule has 1 nitrogen and oxygen atoms in total. The molecule has 4 heteroatoms. The van der Waals surface area contributed by atoms with Crippen LogP contribution >= 0.6 is 22.4 Å². The quantitative estimate of drug-likeness (QED) is 0.456. The molecule has 0 rings (SSSR count). The van der Waals surface area contributed by atoms with Gasteiger partial charge >= 0.3 is 0 Å². The van der Waals surface area contributed by atoms with E-state index in [-0.39, 0.29) is 0 Å². The summed E-state index contributed by atoms with van der Waals surface area (Å²) in [7, 11) is 3.73. The van der Waals surface area contributed by atoms with Crippen molar-refractivity contribution in [2.45, 2.75) is 0 Å². The first-order chi connectivity index (χ1) is 2.41. The van der Waals surface area contributed by atoms with Crippen LogP contribution in [0.25, 0.3) is 0 Å². The van der Waals surface area contributed by atoms with Crippen LogP contribution in [0.15, 0.2) is 0 Å². The smallest absolute Gasteiger partial charge is 0.176 e. The van der Waals surface area contributed by atoms with Crippen LogP contribution in [0, 0.1) is 0 Å². The summed E-state index contributed by atoms with van der Waals surface area (Å²) in [5.74, 6) is 0. The maximum atomic E-state index is 2.83. The van der Waals surface area contributed by atoms with Crippen LogP contribution in [0.1, 0.15) is 0 Å². The van der Waals surface area contributed by atoms with Crippen LogP contribution in [0.4, 0.5) is 0 Å². The molecule has 0 spiro atoms. The minimum atomic E-state index is 1.86. The van der Waals surface area contributed by atoms with Crippen molar-refractivity contribution in [2.75, 3.05) is 7.05 Å². The van der Waals surface area contributed by atoms with Crippen LogP contribution in [0.3, 0.4) is 0 Å². The van der Waals surface area contributed by atoms with Gasteiger partial charge in [-0.05, 0) is 7.05 Å². The average molecular weight is 179 g/mol. The van der Waals surface area contributed by atoms with Gasteiger partial charge in [-0.3, -0.25) is 0 Å². The van der Waals surface area contributed by atoms with Crippen molar-refractivity contribution in [3.63, 3.8) is 0 Å². The van der Waals surface area contributed by atoms with Gasteiger partial charge in [-0.2, -0.15) is 22.4 Å². The second kappa shape index (κ2) is 4.82. The number of rotatable bonds is 2. The Morgan fingerprint density at radius 1 is 1.80 bits per heavy atom. The van der Waals surface area contributed by atoms with Gasteiger partial charge < -0.3 is 5.23 Å². The highest BCUT2D eigenvalue weighted by molar-refractivity contribution is 14.1. The third-order valence-corrected chi connectivity index (χ3v) is 0.589. The van der Waals surface area contributed by atoms with Gasteiger partial charge in [0.1, 0.15) is 0 Å². The lowest BCUT2D eigenvalue weighted by molar-refractivity contribution is 1.27. The molecule has 26 valence electrons. The van der Waals surface area contributed by atoms with Crippen molar-refractivity contribution in [3.8, 4) is 0 Å². The summed E-state index contributed by atoms with van der Waals surface area (Å²) in [6.45, 7) is 0. The van der Waals surface area contributed by atoms with E-state index in [2.05, 4.69) is 27.6 Å². The maximum absolute atomic E-state index is 2.83. The Bertz CT molecular complexity index is 17.1. The predicted molar refractivity (Wildman–Crippen MR) is 34.6 cm³/mol. The second-order valence-corrected chi connectivity index (χ2v) is 1.30. The molecule has 0 aromatic carbocycles. The lowest BCUT2D eigenvalue weighted by Gasteiger charge is -1.78. The van der Waals surface area contributed by atoms with Gasteiger partial charge in [0.05, 0.1) is 0 Å². The molecule has 1 N–H and O–H groups in total. The fraction of sp³-hybridized carbons (Fsp3) is 1.00. The zero-order chi connectivity index (χ0) is 4.12. The molecule has 0 aromatic heterocycles. The summed E-state index contributed by atoms with van der Waals surface area (Å²) in [6.07, 6.45) is 0. The zero-order valence-electron chi connectivity index (χ0n) is 3.03. The van der Waals surface area contributed by atoms with Gasteiger partial charge in [0.15, 0.2) is 12.3 Å². The van der Waals surface area contributed by atoms with Gasteiger partial charge in [-0.1, -0.05) is 0 Å². The van der Waals surface area contributed by atoms with E-state index in [4.69, 9.17) is 0 Å². The van der Waals surface area contributed by atoms with Crippen molar-refractivity contribution >= 4 is 34.7 Å². The minimum Gasteiger partial charge on any atom is -0.369 e. The molecule has 0 aliphatic rings. The third-order valence-electron chi connectivity index (χ3n) is 0.230. The number of hydrogen-bond acceptors (Lipinski definition) is 1. The molecule has 0 fully saturated rings. The molecule has 0 saturated heterocycles. The summed E-state index contributed by atoms with van der Waals surface area (Å²) in [5.41, 5.74) is 0. The lowest BCUT2D eigenvalue weighted by Crippen LogP contribution is -2.15. The van der Waals surface area contributed by atoms with Crippen LogP contribution in [0.5, 0.6) is 0 Å². The standard InChI is InChI=1S/CH4B2IN/c1-5-3-2-4/h5H,1H3. The average Bonchev–Trinajstić information content (AvgIpc) is 1.41. The molecule has 0 aliphatic carbocycles. The monoisotopic (exact) mass is 179 g/mol. The molecule has 0 bridgehead atoms. The van der Waals surface area contributed by atoms with E-state index in [0.717, 1.165) is 0 Å². The molecular weight excluding hydrogens is 175 g/mol. The lowest BCUT2D eigenvalue weighted by atomic mass is 9.67. The summed E-state index contributed by atoms with van der Waals surface area (Å²) < 4.78 is 0. The largest absolute Gasteiger partial charge is 0.369 e. The van der Waals surface area contributed by atoms with Crippen LogP contribution in [0.2, 0.25) is 0 Å². The van der Waals surface area contributed by atoms with Gasteiger partial charge in [-0.15, -0.1) is 0 Å². The Labute approximate surface area is 47.3 Å². The Hall–Kier alpha value is 0.820. The molecule has 0 atom stereocenters. The SMILES string of the molecule is CN[B][B]I. The highest BCUT2D eigenvalue weighted by Crippen LogP contribution is 1.64. The molecule has 5 heavy (non-hydrogen) atoms. The Kier molecular flexibility index (Phi) is 5.61. The molecule has 0 aliphatic heterocycles. The van der Waals surface area contributed by atoms with E-state index in [1.165, 1.54) is 0 Å². The third kappa shape index (κ3) is 4.82. The van der Waals surface area contributed by atoms with E-state index in [1.807, 2.05) is 19.4 Å². The fourth-order valence-electron chi connectivity index (χ4n) is 0.0630. The first-order valence-corrected chi connectivity index (χ1v) is 2.59.